The van der Waals surface area contributed by atoms with Crippen molar-refractivity contribution in [1.82, 2.24) is 0 Å². The third kappa shape index (κ3) is 9.41. The summed E-state index contributed by atoms with van der Waals surface area (Å²) in [7, 11) is 11.0. The molecule has 0 spiro atoms. The molecule has 258 valence electrons. The van der Waals surface area contributed by atoms with E-state index in [4.69, 9.17) is 17.0 Å². The summed E-state index contributed by atoms with van der Waals surface area (Å²) >= 11 is -0.826. The monoisotopic (exact) mass is 808 g/mol. The molecule has 0 aliphatic heterocycles. The van der Waals surface area contributed by atoms with Gasteiger partial charge in [-0.1, -0.05) is 157 Å². The third-order valence-electron chi connectivity index (χ3n) is 9.51. The molecular weight excluding hydrogens is 767 g/mol. The van der Waals surface area contributed by atoms with Crippen molar-refractivity contribution in [2.24, 2.45) is 0 Å². The van der Waals surface area contributed by atoms with E-state index in [9.17, 15) is 0 Å². The molecule has 0 N–H and O–H groups in total. The van der Waals surface area contributed by atoms with Crippen LogP contribution in [-0.2, 0) is 20.8 Å². The van der Waals surface area contributed by atoms with Crippen LogP contribution in [0.1, 0.15) is 22.3 Å². The van der Waals surface area contributed by atoms with E-state index < -0.39 is 20.8 Å². The van der Waals surface area contributed by atoms with E-state index in [2.05, 4.69) is 199 Å². The number of hydrogen-bond donors (Lipinski definition) is 0. The fourth-order valence-electron chi connectivity index (χ4n) is 6.62. The van der Waals surface area contributed by atoms with Gasteiger partial charge in [-0.25, -0.2) is 0 Å². The molecule has 0 atom stereocenters. The molecule has 4 heteroatoms. The van der Waals surface area contributed by atoms with Gasteiger partial charge in [0.15, 0.2) is 0 Å². The zero-order valence-corrected chi connectivity index (χ0v) is 35.7. The molecule has 0 fully saturated rings. The second-order valence-corrected chi connectivity index (χ2v) is 17.6. The quantitative estimate of drug-likeness (QED) is 0.123. The Bertz CT molecular complexity index is 2170. The van der Waals surface area contributed by atoms with Crippen LogP contribution in [0.15, 0.2) is 158 Å². The van der Waals surface area contributed by atoms with Crippen molar-refractivity contribution in [3.05, 3.63) is 180 Å². The Morgan fingerprint density at radius 3 is 1.13 bits per heavy atom. The van der Waals surface area contributed by atoms with Crippen molar-refractivity contribution in [2.75, 3.05) is 0 Å². The normalized spacial score (nSPS) is 10.3. The van der Waals surface area contributed by atoms with Crippen molar-refractivity contribution in [3.63, 3.8) is 0 Å². The van der Waals surface area contributed by atoms with Gasteiger partial charge in [-0.3, -0.25) is 0 Å². The maximum atomic E-state index is 4.93. The van der Waals surface area contributed by atoms with Gasteiger partial charge in [-0.15, -0.1) is 69.1 Å². The van der Waals surface area contributed by atoms with Crippen molar-refractivity contribution >= 4 is 48.1 Å². The van der Waals surface area contributed by atoms with Gasteiger partial charge in [0, 0.05) is 9.52 Å². The molecule has 0 aromatic heterocycles. The first-order chi connectivity index (χ1) is 25.3. The van der Waals surface area contributed by atoms with Crippen LogP contribution in [0, 0.1) is 27.7 Å². The summed E-state index contributed by atoms with van der Waals surface area (Å²) in [6.45, 7) is 13.1. The average Bonchev–Trinajstić information content (AvgIpc) is 3.81. The molecule has 8 aromatic rings. The summed E-state index contributed by atoms with van der Waals surface area (Å²) in [5, 5.41) is 5.28. The molecular formula is C48H44Cl2SiZr. The summed E-state index contributed by atoms with van der Waals surface area (Å²) in [5.74, 6) is 0. The van der Waals surface area contributed by atoms with E-state index in [0.717, 1.165) is 9.52 Å². The SMILES string of the molecule is C[Si]C.Cc1cccc(-c2cccc3[cH-]c(-c4ccccc4)cc23)c1C.Cc1cccc(-c2cccc3[cH-]c(-c4ccccc4)cc23)c1C.[Cl][Zr+2][Cl]. The first-order valence-corrected chi connectivity index (χ1v) is 25.8. The van der Waals surface area contributed by atoms with Crippen molar-refractivity contribution < 1.29 is 20.8 Å². The summed E-state index contributed by atoms with van der Waals surface area (Å²) in [6, 6.07) is 56.7. The second kappa shape index (κ2) is 19.3. The Labute approximate surface area is 331 Å². The zero-order valence-electron chi connectivity index (χ0n) is 30.8. The van der Waals surface area contributed by atoms with Crippen LogP contribution in [0.2, 0.25) is 13.1 Å². The van der Waals surface area contributed by atoms with Gasteiger partial charge in [0.1, 0.15) is 0 Å². The third-order valence-corrected chi connectivity index (χ3v) is 9.51. The first kappa shape index (κ1) is 39.4. The van der Waals surface area contributed by atoms with Crippen LogP contribution in [-0.4, -0.2) is 9.52 Å². The van der Waals surface area contributed by atoms with Gasteiger partial charge < -0.3 is 0 Å². The molecule has 0 amide bonds. The Morgan fingerprint density at radius 1 is 0.442 bits per heavy atom. The first-order valence-electron chi connectivity index (χ1n) is 17.5. The van der Waals surface area contributed by atoms with E-state index in [1.165, 1.54) is 88.3 Å². The number of aryl methyl sites for hydroxylation is 2. The molecule has 0 saturated carbocycles. The molecule has 0 heterocycles. The predicted molar refractivity (Wildman–Crippen MR) is 229 cm³/mol. The Hall–Kier alpha value is -3.78. The van der Waals surface area contributed by atoms with Crippen LogP contribution >= 0.6 is 17.0 Å². The summed E-state index contributed by atoms with van der Waals surface area (Å²) in [5.41, 5.74) is 15.9. The van der Waals surface area contributed by atoms with Gasteiger partial charge in [-0.2, -0.15) is 0 Å². The van der Waals surface area contributed by atoms with Gasteiger partial charge in [0.2, 0.25) is 0 Å². The molecule has 0 aliphatic rings. The molecule has 8 aromatic carbocycles. The van der Waals surface area contributed by atoms with E-state index in [1.54, 1.807) is 0 Å². The minimum atomic E-state index is -0.826. The van der Waals surface area contributed by atoms with E-state index >= 15 is 0 Å². The molecule has 0 aliphatic carbocycles. The van der Waals surface area contributed by atoms with Gasteiger partial charge >= 0.3 is 37.9 Å². The van der Waals surface area contributed by atoms with Crippen molar-refractivity contribution in [2.45, 2.75) is 40.8 Å². The predicted octanol–water partition coefficient (Wildman–Crippen LogP) is 15.2. The van der Waals surface area contributed by atoms with Crippen LogP contribution in [0.3, 0.4) is 0 Å². The summed E-state index contributed by atoms with van der Waals surface area (Å²) in [6.07, 6.45) is 0. The van der Waals surface area contributed by atoms with Gasteiger partial charge in [-0.05, 0) is 61.1 Å². The number of halogens is 2. The fraction of sp³-hybridized carbons (Fsp3) is 0.125. The van der Waals surface area contributed by atoms with Gasteiger partial charge in [0.25, 0.3) is 0 Å². The topological polar surface area (TPSA) is 0 Å². The summed E-state index contributed by atoms with van der Waals surface area (Å²) in [4.78, 5) is 0. The zero-order chi connectivity index (χ0) is 37.0. The molecule has 8 rings (SSSR count). The average molecular weight is 811 g/mol. The molecule has 2 radical (unpaired) electrons. The standard InChI is InChI=1S/2C23H19.C2H6Si.2ClH.Zr/c2*1-16-8-6-12-21(17(16)2)22-13-7-11-19-14-20(15-23(19)22)18-9-4-3-5-10-18;1-3-2;;;/h2*3-15H,1-2H3;1-2H3;2*1H;/q2*-1;;;;+4/p-2. The molecule has 0 bridgehead atoms. The summed E-state index contributed by atoms with van der Waals surface area (Å²) < 4.78 is 0. The number of benzene rings is 6. The Balaban J connectivity index is 0.000000175. The van der Waals surface area contributed by atoms with Crippen LogP contribution < -0.4 is 0 Å². The molecule has 0 nitrogen and oxygen atoms in total. The number of fused-ring (bicyclic) bond motifs is 2. The van der Waals surface area contributed by atoms with E-state index in [1.807, 2.05) is 0 Å². The van der Waals surface area contributed by atoms with Gasteiger partial charge in [0.05, 0.1) is 0 Å². The van der Waals surface area contributed by atoms with E-state index in [0.29, 0.717) is 0 Å². The molecule has 0 unspecified atom stereocenters. The Kier molecular flexibility index (Phi) is 14.7. The van der Waals surface area contributed by atoms with Crippen molar-refractivity contribution in [1.29, 1.82) is 0 Å². The van der Waals surface area contributed by atoms with Crippen LogP contribution in [0.5, 0.6) is 0 Å². The van der Waals surface area contributed by atoms with E-state index in [-0.39, 0.29) is 0 Å². The minimum absolute atomic E-state index is 0.826. The van der Waals surface area contributed by atoms with Crippen molar-refractivity contribution in [3.8, 4) is 44.5 Å². The molecule has 0 saturated heterocycles. The fourth-order valence-corrected chi connectivity index (χ4v) is 6.62. The maximum absolute atomic E-state index is 4.93. The van der Waals surface area contributed by atoms with Crippen LogP contribution in [0.25, 0.3) is 66.1 Å². The number of rotatable bonds is 4. The Morgan fingerprint density at radius 2 is 0.769 bits per heavy atom. The van der Waals surface area contributed by atoms with Crippen LogP contribution in [0.4, 0.5) is 0 Å². The second-order valence-electron chi connectivity index (χ2n) is 12.9. The molecule has 52 heavy (non-hydrogen) atoms. The number of hydrogen-bond acceptors (Lipinski definition) is 0.